The number of ether oxygens (including phenoxy) is 1. The fourth-order valence-corrected chi connectivity index (χ4v) is 5.09. The van der Waals surface area contributed by atoms with E-state index in [1.165, 1.54) is 6.07 Å². The van der Waals surface area contributed by atoms with E-state index in [0.29, 0.717) is 0 Å². The third-order valence-electron chi connectivity index (χ3n) is 5.79. The van der Waals surface area contributed by atoms with Crippen molar-refractivity contribution in [1.82, 2.24) is 5.32 Å². The van der Waals surface area contributed by atoms with Gasteiger partial charge in [-0.2, -0.15) is 0 Å². The normalized spacial score (nSPS) is 13.0. The highest BCUT2D eigenvalue weighted by Crippen LogP contribution is 2.45. The van der Waals surface area contributed by atoms with E-state index in [2.05, 4.69) is 37.2 Å². The van der Waals surface area contributed by atoms with E-state index in [1.54, 1.807) is 0 Å². The van der Waals surface area contributed by atoms with Gasteiger partial charge >= 0.3 is 17.7 Å². The number of halogens is 2. The Kier molecular flexibility index (Phi) is 7.08. The number of amides is 1. The van der Waals surface area contributed by atoms with Gasteiger partial charge in [0.05, 0.1) is 4.92 Å². The number of hydrogen-bond acceptors (Lipinski definition) is 6. The van der Waals surface area contributed by atoms with Gasteiger partial charge in [0.2, 0.25) is 0 Å². The zero-order valence-electron chi connectivity index (χ0n) is 17.9. The van der Waals surface area contributed by atoms with Crippen molar-refractivity contribution in [3.8, 4) is 16.9 Å². The molecule has 180 valence electrons. The van der Waals surface area contributed by atoms with Crippen LogP contribution >= 0.6 is 31.9 Å². The second-order valence-electron chi connectivity index (χ2n) is 7.85. The van der Waals surface area contributed by atoms with Gasteiger partial charge in [-0.1, -0.05) is 48.5 Å². The Hall–Kier alpha value is -3.44. The Bertz CT molecular complexity index is 1300. The van der Waals surface area contributed by atoms with E-state index >= 15 is 0 Å². The SMILES string of the molecule is O=C(NC(Cc1cc(Br)c(Br)c([N+](=O)[O-])c1O)C(=O)O)OCC1c2ccccc2-c2ccccc21. The molecule has 35 heavy (non-hydrogen) atoms. The second-order valence-corrected chi connectivity index (χ2v) is 9.50. The quantitative estimate of drug-likeness (QED) is 0.243. The number of carbonyl (C=O) groups excluding carboxylic acids is 1. The van der Waals surface area contributed by atoms with Crippen molar-refractivity contribution in [1.29, 1.82) is 0 Å². The third-order valence-corrected chi connectivity index (χ3v) is 7.75. The van der Waals surface area contributed by atoms with Crippen LogP contribution in [0.1, 0.15) is 22.6 Å². The molecule has 0 aliphatic heterocycles. The number of carboxylic acid groups (broad SMARTS) is 1. The van der Waals surface area contributed by atoms with Crippen LogP contribution in [0.3, 0.4) is 0 Å². The largest absolute Gasteiger partial charge is 0.502 e. The van der Waals surface area contributed by atoms with Gasteiger partial charge in [-0.15, -0.1) is 0 Å². The lowest BCUT2D eigenvalue weighted by atomic mass is 9.98. The summed E-state index contributed by atoms with van der Waals surface area (Å²) in [5.41, 5.74) is 3.48. The summed E-state index contributed by atoms with van der Waals surface area (Å²) in [5, 5.41) is 33.5. The summed E-state index contributed by atoms with van der Waals surface area (Å²) in [7, 11) is 0. The number of phenols is 1. The fourth-order valence-electron chi connectivity index (χ4n) is 4.18. The van der Waals surface area contributed by atoms with Gasteiger partial charge in [-0.05, 0) is 60.2 Å². The molecule has 9 nitrogen and oxygen atoms in total. The van der Waals surface area contributed by atoms with Crippen molar-refractivity contribution in [3.05, 3.63) is 90.3 Å². The number of carbonyl (C=O) groups is 2. The van der Waals surface area contributed by atoms with E-state index in [-0.39, 0.29) is 27.0 Å². The maximum atomic E-state index is 12.5. The minimum absolute atomic E-state index is 0.00719. The number of aromatic hydroxyl groups is 1. The number of carboxylic acids is 1. The number of aliphatic carboxylic acids is 1. The number of phenolic OH excluding ortho intramolecular Hbond substituents is 1. The van der Waals surface area contributed by atoms with Crippen LogP contribution < -0.4 is 5.32 Å². The first-order chi connectivity index (χ1) is 16.7. The van der Waals surface area contributed by atoms with Crippen molar-refractivity contribution in [2.45, 2.75) is 18.4 Å². The molecule has 0 radical (unpaired) electrons. The summed E-state index contributed by atoms with van der Waals surface area (Å²) < 4.78 is 5.66. The number of nitro groups is 1. The van der Waals surface area contributed by atoms with Crippen LogP contribution in [0, 0.1) is 10.1 Å². The highest BCUT2D eigenvalue weighted by atomic mass is 79.9. The van der Waals surface area contributed by atoms with E-state index in [4.69, 9.17) is 4.74 Å². The highest BCUT2D eigenvalue weighted by Gasteiger charge is 2.31. The van der Waals surface area contributed by atoms with Gasteiger partial charge in [0.1, 0.15) is 17.1 Å². The Balaban J connectivity index is 1.49. The molecular formula is C24H18Br2N2O7. The summed E-state index contributed by atoms with van der Waals surface area (Å²) >= 11 is 6.17. The Morgan fingerprint density at radius 3 is 2.20 bits per heavy atom. The van der Waals surface area contributed by atoms with E-state index in [1.807, 2.05) is 48.5 Å². The van der Waals surface area contributed by atoms with Crippen molar-refractivity contribution < 1.29 is 29.5 Å². The van der Waals surface area contributed by atoms with E-state index < -0.39 is 40.9 Å². The molecule has 0 saturated carbocycles. The van der Waals surface area contributed by atoms with Gasteiger partial charge < -0.3 is 20.3 Å². The Morgan fingerprint density at radius 2 is 1.66 bits per heavy atom. The molecule has 1 aliphatic carbocycles. The van der Waals surface area contributed by atoms with Gasteiger partial charge in [0.25, 0.3) is 0 Å². The Labute approximate surface area is 216 Å². The van der Waals surface area contributed by atoms with Crippen LogP contribution in [0.25, 0.3) is 11.1 Å². The van der Waals surface area contributed by atoms with E-state index in [9.17, 15) is 29.9 Å². The standard InChI is InChI=1S/C24H18Br2N2O7/c25-18-9-12(22(29)21(20(18)26)28(33)34)10-19(23(30)31)27-24(32)35-11-17-15-7-3-1-5-13(15)14-6-2-4-8-16(14)17/h1-9,17,19,29H,10-11H2,(H,27,32)(H,30,31). The molecule has 3 N–H and O–H groups in total. The number of fused-ring (bicyclic) bond motifs is 3. The number of alkyl carbamates (subject to hydrolysis) is 1. The minimum Gasteiger partial charge on any atom is -0.502 e. The minimum atomic E-state index is -1.50. The van der Waals surface area contributed by atoms with Gasteiger partial charge in [-0.3, -0.25) is 10.1 Å². The first-order valence-corrected chi connectivity index (χ1v) is 12.0. The molecule has 3 aromatic carbocycles. The zero-order valence-corrected chi connectivity index (χ0v) is 21.1. The molecule has 3 aromatic rings. The lowest BCUT2D eigenvalue weighted by Gasteiger charge is -2.18. The lowest BCUT2D eigenvalue weighted by molar-refractivity contribution is -0.386. The van der Waals surface area contributed by atoms with Crippen molar-refractivity contribution in [3.63, 3.8) is 0 Å². The number of nitrogens with zero attached hydrogens (tertiary/aromatic N) is 1. The summed E-state index contributed by atoms with van der Waals surface area (Å²) in [6.45, 7) is -0.00719. The molecule has 0 aromatic heterocycles. The molecule has 0 spiro atoms. The van der Waals surface area contributed by atoms with E-state index in [0.717, 1.165) is 22.3 Å². The molecule has 1 amide bonds. The van der Waals surface area contributed by atoms with Crippen LogP contribution in [0.15, 0.2) is 63.5 Å². The smallest absolute Gasteiger partial charge is 0.407 e. The molecule has 0 fully saturated rings. The number of nitrogens with one attached hydrogen (secondary N) is 1. The first kappa shape index (κ1) is 24.7. The molecular weight excluding hydrogens is 588 g/mol. The maximum absolute atomic E-state index is 12.5. The second kappa shape index (κ2) is 10.0. The lowest BCUT2D eigenvalue weighted by Crippen LogP contribution is -2.43. The van der Waals surface area contributed by atoms with Crippen LogP contribution in [-0.4, -0.2) is 39.8 Å². The molecule has 0 saturated heterocycles. The number of nitro benzene ring substituents is 1. The molecule has 0 heterocycles. The predicted octanol–water partition coefficient (Wildman–Crippen LogP) is 5.36. The fraction of sp³-hybridized carbons (Fsp3) is 0.167. The molecule has 0 bridgehead atoms. The highest BCUT2D eigenvalue weighted by molar-refractivity contribution is 9.13. The molecule has 11 heteroatoms. The average Bonchev–Trinajstić information content (AvgIpc) is 3.14. The molecule has 1 aliphatic rings. The zero-order chi connectivity index (χ0) is 25.3. The van der Waals surface area contributed by atoms with Crippen LogP contribution in [0.4, 0.5) is 10.5 Å². The molecule has 1 atom stereocenters. The first-order valence-electron chi connectivity index (χ1n) is 10.4. The Morgan fingerprint density at radius 1 is 1.09 bits per heavy atom. The van der Waals surface area contributed by atoms with Crippen LogP contribution in [-0.2, 0) is 16.0 Å². The number of benzene rings is 3. The number of rotatable bonds is 7. The summed E-state index contributed by atoms with van der Waals surface area (Å²) in [6, 6.07) is 15.4. The average molecular weight is 606 g/mol. The molecule has 4 rings (SSSR count). The monoisotopic (exact) mass is 604 g/mol. The van der Waals surface area contributed by atoms with Crippen LogP contribution in [0.5, 0.6) is 5.75 Å². The third kappa shape index (κ3) is 4.87. The van der Waals surface area contributed by atoms with Crippen molar-refractivity contribution >= 4 is 49.6 Å². The maximum Gasteiger partial charge on any atom is 0.407 e. The van der Waals surface area contributed by atoms with Gasteiger partial charge in [0.15, 0.2) is 5.75 Å². The van der Waals surface area contributed by atoms with Crippen LogP contribution in [0.2, 0.25) is 0 Å². The summed E-state index contributed by atoms with van der Waals surface area (Å²) in [4.78, 5) is 34.9. The summed E-state index contributed by atoms with van der Waals surface area (Å²) in [5.74, 6) is -2.28. The van der Waals surface area contributed by atoms with Crippen molar-refractivity contribution in [2.24, 2.45) is 0 Å². The number of hydrogen-bond donors (Lipinski definition) is 3. The summed E-state index contributed by atoms with van der Waals surface area (Å²) in [6.07, 6.45) is -1.36. The van der Waals surface area contributed by atoms with Gasteiger partial charge in [-0.25, -0.2) is 9.59 Å². The van der Waals surface area contributed by atoms with Crippen molar-refractivity contribution in [2.75, 3.05) is 6.61 Å². The van der Waals surface area contributed by atoms with Gasteiger partial charge in [0, 0.05) is 22.4 Å². The predicted molar refractivity (Wildman–Crippen MR) is 133 cm³/mol. The molecule has 1 unspecified atom stereocenters. The topological polar surface area (TPSA) is 139 Å².